The second-order valence-electron chi connectivity index (χ2n) is 9.00. The number of aliphatic imine (C=N–C) groups is 1. The van der Waals surface area contributed by atoms with E-state index in [-0.39, 0.29) is 5.69 Å². The van der Waals surface area contributed by atoms with Crippen LogP contribution in [0.1, 0.15) is 22.3 Å². The Kier molecular flexibility index (Phi) is 7.81. The molecule has 0 spiro atoms. The number of halogens is 1. The maximum absolute atomic E-state index is 11.1. The molecule has 0 fully saturated rings. The molecular formula is C31H24ClN3O3S. The van der Waals surface area contributed by atoms with Crippen LogP contribution in [0.5, 0.6) is 5.75 Å². The zero-order valence-corrected chi connectivity index (χ0v) is 22.9. The van der Waals surface area contributed by atoms with E-state index in [9.17, 15) is 10.1 Å². The lowest BCUT2D eigenvalue weighted by Gasteiger charge is -2.07. The molecule has 0 saturated heterocycles. The molecule has 8 heteroatoms. The number of nitro groups is 1. The van der Waals surface area contributed by atoms with Gasteiger partial charge in [0, 0.05) is 34.5 Å². The molecule has 0 aliphatic rings. The van der Waals surface area contributed by atoms with Gasteiger partial charge in [-0.05, 0) is 73.0 Å². The molecule has 0 radical (unpaired) electrons. The molecule has 39 heavy (non-hydrogen) atoms. The molecule has 0 N–H and O–H groups in total. The fourth-order valence-corrected chi connectivity index (χ4v) is 5.23. The first-order chi connectivity index (χ1) is 18.9. The zero-order chi connectivity index (χ0) is 27.4. The van der Waals surface area contributed by atoms with Crippen molar-refractivity contribution in [3.8, 4) is 27.4 Å². The standard InChI is InChI=1S/C31H24ClN3O3S/c1-20-7-16-27(21(2)17-20)29-30(23-10-12-25(13-11-23)35(36)37)39-31(34-29)33-18-22-8-14-26(15-9-22)38-19-24-5-3-4-6-28(24)32/h3-18H,19H2,1-2H3. The van der Waals surface area contributed by atoms with Gasteiger partial charge in [0.05, 0.1) is 15.5 Å². The molecule has 0 aliphatic carbocycles. The van der Waals surface area contributed by atoms with Gasteiger partial charge in [-0.3, -0.25) is 10.1 Å². The molecule has 1 aromatic heterocycles. The Bertz CT molecular complexity index is 1660. The van der Waals surface area contributed by atoms with E-state index in [0.717, 1.165) is 44.1 Å². The van der Waals surface area contributed by atoms with Crippen LogP contribution in [0.15, 0.2) is 96.0 Å². The lowest BCUT2D eigenvalue weighted by atomic mass is 10.0. The van der Waals surface area contributed by atoms with Gasteiger partial charge in [0.1, 0.15) is 12.4 Å². The topological polar surface area (TPSA) is 77.6 Å². The zero-order valence-electron chi connectivity index (χ0n) is 21.3. The third-order valence-corrected chi connectivity index (χ3v) is 7.53. The van der Waals surface area contributed by atoms with Gasteiger partial charge in [-0.15, -0.1) is 0 Å². The summed E-state index contributed by atoms with van der Waals surface area (Å²) in [7, 11) is 0. The number of aromatic nitrogens is 1. The second kappa shape index (κ2) is 11.6. The second-order valence-corrected chi connectivity index (χ2v) is 10.4. The summed E-state index contributed by atoms with van der Waals surface area (Å²) < 4.78 is 5.87. The molecule has 0 unspecified atom stereocenters. The molecule has 0 bridgehead atoms. The molecule has 5 rings (SSSR count). The van der Waals surface area contributed by atoms with Crippen molar-refractivity contribution < 1.29 is 9.66 Å². The van der Waals surface area contributed by atoms with Crippen LogP contribution in [0, 0.1) is 24.0 Å². The van der Waals surface area contributed by atoms with Gasteiger partial charge in [-0.2, -0.15) is 0 Å². The summed E-state index contributed by atoms with van der Waals surface area (Å²) in [6, 6.07) is 28.0. The Morgan fingerprint density at radius 3 is 2.44 bits per heavy atom. The fraction of sp³-hybridized carbons (Fsp3) is 0.0968. The number of rotatable bonds is 8. The maximum atomic E-state index is 11.1. The first-order valence-corrected chi connectivity index (χ1v) is 13.4. The molecule has 0 amide bonds. The van der Waals surface area contributed by atoms with Crippen LogP contribution in [-0.4, -0.2) is 16.1 Å². The molecule has 6 nitrogen and oxygen atoms in total. The summed E-state index contributed by atoms with van der Waals surface area (Å²) in [6.45, 7) is 4.50. The van der Waals surface area contributed by atoms with E-state index in [4.69, 9.17) is 21.3 Å². The molecular weight excluding hydrogens is 530 g/mol. The smallest absolute Gasteiger partial charge is 0.269 e. The van der Waals surface area contributed by atoms with Crippen molar-refractivity contribution in [1.82, 2.24) is 4.98 Å². The predicted molar refractivity (Wildman–Crippen MR) is 159 cm³/mol. The highest BCUT2D eigenvalue weighted by atomic mass is 35.5. The van der Waals surface area contributed by atoms with E-state index in [1.807, 2.05) is 48.5 Å². The Balaban J connectivity index is 1.40. The van der Waals surface area contributed by atoms with E-state index in [1.165, 1.54) is 29.0 Å². The summed E-state index contributed by atoms with van der Waals surface area (Å²) >= 11 is 7.66. The van der Waals surface area contributed by atoms with Crippen molar-refractivity contribution in [2.75, 3.05) is 0 Å². The van der Waals surface area contributed by atoms with E-state index in [0.29, 0.717) is 16.8 Å². The number of ether oxygens (including phenoxy) is 1. The summed E-state index contributed by atoms with van der Waals surface area (Å²) in [5.74, 6) is 0.735. The van der Waals surface area contributed by atoms with Gasteiger partial charge in [0.2, 0.25) is 5.13 Å². The highest BCUT2D eigenvalue weighted by molar-refractivity contribution is 7.19. The molecule has 0 atom stereocenters. The molecule has 1 heterocycles. The van der Waals surface area contributed by atoms with Crippen LogP contribution in [0.3, 0.4) is 0 Å². The normalized spacial score (nSPS) is 11.2. The largest absolute Gasteiger partial charge is 0.489 e. The molecule has 4 aromatic carbocycles. The number of nitro benzene ring substituents is 1. The van der Waals surface area contributed by atoms with Gasteiger partial charge >= 0.3 is 0 Å². The quantitative estimate of drug-likeness (QED) is 0.109. The number of aryl methyl sites for hydroxylation is 2. The van der Waals surface area contributed by atoms with Crippen LogP contribution in [0.2, 0.25) is 5.02 Å². The summed E-state index contributed by atoms with van der Waals surface area (Å²) in [4.78, 5) is 21.2. The van der Waals surface area contributed by atoms with Crippen LogP contribution in [0.4, 0.5) is 10.8 Å². The van der Waals surface area contributed by atoms with Gasteiger partial charge in [-0.1, -0.05) is 64.9 Å². The third-order valence-electron chi connectivity index (χ3n) is 6.15. The summed E-state index contributed by atoms with van der Waals surface area (Å²) in [6.07, 6.45) is 1.77. The molecule has 0 saturated carbocycles. The molecule has 194 valence electrons. The maximum Gasteiger partial charge on any atom is 0.269 e. The van der Waals surface area contributed by atoms with Gasteiger partial charge in [0.25, 0.3) is 5.69 Å². The van der Waals surface area contributed by atoms with Crippen LogP contribution in [-0.2, 0) is 6.61 Å². The number of hydrogen-bond donors (Lipinski definition) is 0. The molecule has 5 aromatic rings. The highest BCUT2D eigenvalue weighted by Crippen LogP contribution is 2.41. The lowest BCUT2D eigenvalue weighted by Crippen LogP contribution is -1.96. The van der Waals surface area contributed by atoms with E-state index in [2.05, 4.69) is 37.0 Å². The van der Waals surface area contributed by atoms with E-state index >= 15 is 0 Å². The minimum absolute atomic E-state index is 0.0499. The average Bonchev–Trinajstić information content (AvgIpc) is 3.36. The van der Waals surface area contributed by atoms with Crippen LogP contribution < -0.4 is 4.74 Å². The number of hydrogen-bond acceptors (Lipinski definition) is 6. The highest BCUT2D eigenvalue weighted by Gasteiger charge is 2.17. The average molecular weight is 554 g/mol. The third kappa shape index (κ3) is 6.22. The first kappa shape index (κ1) is 26.3. The van der Waals surface area contributed by atoms with Gasteiger partial charge < -0.3 is 4.74 Å². The Morgan fingerprint density at radius 2 is 1.74 bits per heavy atom. The van der Waals surface area contributed by atoms with Crippen molar-refractivity contribution in [3.05, 3.63) is 128 Å². The monoisotopic (exact) mass is 553 g/mol. The van der Waals surface area contributed by atoms with Gasteiger partial charge in [-0.25, -0.2) is 9.98 Å². The predicted octanol–water partition coefficient (Wildman–Crippen LogP) is 8.99. The molecule has 0 aliphatic heterocycles. The summed E-state index contributed by atoms with van der Waals surface area (Å²) in [5.41, 5.74) is 6.82. The van der Waals surface area contributed by atoms with Crippen molar-refractivity contribution in [3.63, 3.8) is 0 Å². The van der Waals surface area contributed by atoms with Gasteiger partial charge in [0.15, 0.2) is 0 Å². The van der Waals surface area contributed by atoms with Crippen molar-refractivity contribution in [1.29, 1.82) is 0 Å². The van der Waals surface area contributed by atoms with Crippen molar-refractivity contribution >= 4 is 40.0 Å². The Labute approximate surface area is 235 Å². The van der Waals surface area contributed by atoms with Crippen LogP contribution >= 0.6 is 22.9 Å². The number of non-ortho nitro benzene ring substituents is 1. The van der Waals surface area contributed by atoms with Crippen molar-refractivity contribution in [2.45, 2.75) is 20.5 Å². The fourth-order valence-electron chi connectivity index (χ4n) is 4.11. The van der Waals surface area contributed by atoms with E-state index in [1.54, 1.807) is 18.3 Å². The van der Waals surface area contributed by atoms with Crippen LogP contribution in [0.25, 0.3) is 21.7 Å². The van der Waals surface area contributed by atoms with E-state index < -0.39 is 4.92 Å². The van der Waals surface area contributed by atoms with Crippen molar-refractivity contribution in [2.24, 2.45) is 4.99 Å². The minimum atomic E-state index is -0.398. The number of benzene rings is 4. The lowest BCUT2D eigenvalue weighted by molar-refractivity contribution is -0.384. The first-order valence-electron chi connectivity index (χ1n) is 12.2. The SMILES string of the molecule is Cc1ccc(-c2nc(N=Cc3ccc(OCc4ccccc4Cl)cc3)sc2-c2ccc([N+](=O)[O-])cc2)c(C)c1. The summed E-state index contributed by atoms with van der Waals surface area (Å²) in [5, 5.41) is 12.4. The Morgan fingerprint density at radius 1 is 1.00 bits per heavy atom. The number of thiazole rings is 1. The Hall–Kier alpha value is -4.33. The number of nitrogens with zero attached hydrogens (tertiary/aromatic N) is 3. The minimum Gasteiger partial charge on any atom is -0.489 e.